The van der Waals surface area contributed by atoms with Crippen molar-refractivity contribution in [3.05, 3.63) is 39.0 Å². The Morgan fingerprint density at radius 1 is 1.21 bits per heavy atom. The van der Waals surface area contributed by atoms with Gasteiger partial charge in [0.15, 0.2) is 0 Å². The van der Waals surface area contributed by atoms with Gasteiger partial charge >= 0.3 is 5.69 Å². The first kappa shape index (κ1) is 12.7. The van der Waals surface area contributed by atoms with Crippen molar-refractivity contribution in [1.82, 2.24) is 9.97 Å². The van der Waals surface area contributed by atoms with Crippen LogP contribution in [-0.4, -0.2) is 21.7 Å². The molecule has 0 aliphatic rings. The van der Waals surface area contributed by atoms with E-state index < -0.39 is 17.2 Å². The Kier molecular flexibility index (Phi) is 3.28. The molecule has 0 atom stereocenters. The molecular weight excluding hydrogens is 250 g/mol. The third-order valence-corrected chi connectivity index (χ3v) is 2.43. The largest absolute Gasteiger partial charge is 0.326 e. The number of hydrogen-bond donors (Lipinski definition) is 3. The van der Waals surface area contributed by atoms with Gasteiger partial charge in [0, 0.05) is 5.69 Å². The predicted molar refractivity (Wildman–Crippen MR) is 69.1 cm³/mol. The Bertz CT molecular complexity index is 772. The minimum Gasteiger partial charge on any atom is -0.326 e. The zero-order valence-electron chi connectivity index (χ0n) is 10.1. The van der Waals surface area contributed by atoms with Crippen LogP contribution in [0.15, 0.2) is 27.8 Å². The van der Waals surface area contributed by atoms with Gasteiger partial charge in [0.2, 0.25) is 5.91 Å². The monoisotopic (exact) mass is 261 g/mol. The van der Waals surface area contributed by atoms with E-state index in [0.29, 0.717) is 16.6 Å². The molecule has 98 valence electrons. The number of nitrogens with one attached hydrogen (secondary N) is 3. The molecule has 7 nitrogen and oxygen atoms in total. The lowest BCUT2D eigenvalue weighted by Gasteiger charge is -2.04. The molecule has 1 amide bonds. The molecule has 0 bridgehead atoms. The summed E-state index contributed by atoms with van der Waals surface area (Å²) in [5.74, 6) is -0.692. The van der Waals surface area contributed by atoms with Crippen LogP contribution in [0.2, 0.25) is 0 Å². The number of aromatic amines is 2. The first-order valence-corrected chi connectivity index (χ1v) is 5.51. The van der Waals surface area contributed by atoms with Crippen LogP contribution >= 0.6 is 0 Å². The highest BCUT2D eigenvalue weighted by molar-refractivity contribution is 6.04. The minimum atomic E-state index is -0.621. The molecule has 0 spiro atoms. The van der Waals surface area contributed by atoms with E-state index in [1.165, 1.54) is 25.1 Å². The standard InChI is InChI=1S/C12H11N3O4/c1-6(16)4-10(17)13-7-2-3-8-9(5-7)14-12(19)15-11(8)18/h2-3,5H,4H2,1H3,(H,13,17)(H2,14,15,18,19). The lowest BCUT2D eigenvalue weighted by molar-refractivity contribution is -0.124. The summed E-state index contributed by atoms with van der Waals surface area (Å²) >= 11 is 0. The average molecular weight is 261 g/mol. The molecule has 3 N–H and O–H groups in total. The number of Topliss-reactive ketones (excluding diaryl/α,β-unsaturated/α-hetero) is 1. The van der Waals surface area contributed by atoms with Crippen molar-refractivity contribution in [3.63, 3.8) is 0 Å². The lowest BCUT2D eigenvalue weighted by atomic mass is 10.2. The fourth-order valence-electron chi connectivity index (χ4n) is 1.68. The SMILES string of the molecule is CC(=O)CC(=O)Nc1ccc2c(=O)[nH]c(=O)[nH]c2c1. The van der Waals surface area contributed by atoms with Crippen molar-refractivity contribution in [1.29, 1.82) is 0 Å². The highest BCUT2D eigenvalue weighted by Crippen LogP contribution is 2.13. The molecular formula is C12H11N3O4. The predicted octanol–water partition coefficient (Wildman–Crippen LogP) is 0.134. The smallest absolute Gasteiger partial charge is 0.326 e. The Morgan fingerprint density at radius 2 is 1.95 bits per heavy atom. The van der Waals surface area contributed by atoms with E-state index in [4.69, 9.17) is 0 Å². The lowest BCUT2D eigenvalue weighted by Crippen LogP contribution is -2.22. The molecule has 0 aliphatic carbocycles. The first-order chi connectivity index (χ1) is 8.95. The van der Waals surface area contributed by atoms with Crippen molar-refractivity contribution in [2.24, 2.45) is 0 Å². The molecule has 1 aromatic carbocycles. The molecule has 0 radical (unpaired) electrons. The number of ketones is 1. The van der Waals surface area contributed by atoms with Gasteiger partial charge in [-0.3, -0.25) is 19.4 Å². The van der Waals surface area contributed by atoms with Gasteiger partial charge in [-0.1, -0.05) is 0 Å². The molecule has 1 heterocycles. The van der Waals surface area contributed by atoms with Crippen LogP contribution in [0.1, 0.15) is 13.3 Å². The van der Waals surface area contributed by atoms with Crippen molar-refractivity contribution in [2.75, 3.05) is 5.32 Å². The quantitative estimate of drug-likeness (QED) is 0.682. The maximum absolute atomic E-state index is 11.5. The molecule has 19 heavy (non-hydrogen) atoms. The molecule has 0 saturated carbocycles. The van der Waals surface area contributed by atoms with Crippen molar-refractivity contribution in [3.8, 4) is 0 Å². The number of hydrogen-bond acceptors (Lipinski definition) is 4. The van der Waals surface area contributed by atoms with Crippen molar-refractivity contribution >= 4 is 28.3 Å². The number of benzene rings is 1. The second kappa shape index (κ2) is 4.89. The van der Waals surface area contributed by atoms with Gasteiger partial charge < -0.3 is 10.3 Å². The first-order valence-electron chi connectivity index (χ1n) is 5.51. The Morgan fingerprint density at radius 3 is 2.63 bits per heavy atom. The van der Waals surface area contributed by atoms with Crippen LogP contribution in [0.5, 0.6) is 0 Å². The number of rotatable bonds is 3. The summed E-state index contributed by atoms with van der Waals surface area (Å²) in [6.07, 6.45) is -0.218. The molecule has 2 aromatic rings. The number of carbonyl (C=O) groups excluding carboxylic acids is 2. The van der Waals surface area contributed by atoms with Gasteiger partial charge in [-0.15, -0.1) is 0 Å². The molecule has 7 heteroatoms. The third-order valence-electron chi connectivity index (χ3n) is 2.43. The number of fused-ring (bicyclic) bond motifs is 1. The number of aromatic nitrogens is 2. The van der Waals surface area contributed by atoms with Gasteiger partial charge in [0.1, 0.15) is 5.78 Å². The summed E-state index contributed by atoms with van der Waals surface area (Å²) in [5.41, 5.74) is -0.403. The van der Waals surface area contributed by atoms with Crippen molar-refractivity contribution < 1.29 is 9.59 Å². The van der Waals surface area contributed by atoms with Crippen LogP contribution in [0, 0.1) is 0 Å². The van der Waals surface area contributed by atoms with Crippen molar-refractivity contribution in [2.45, 2.75) is 13.3 Å². The van der Waals surface area contributed by atoms with E-state index in [1.807, 2.05) is 0 Å². The zero-order chi connectivity index (χ0) is 14.0. The summed E-state index contributed by atoms with van der Waals surface area (Å²) in [6, 6.07) is 4.46. The maximum Gasteiger partial charge on any atom is 0.326 e. The number of anilines is 1. The van der Waals surface area contributed by atoms with Crippen LogP contribution in [-0.2, 0) is 9.59 Å². The second-order valence-corrected chi connectivity index (χ2v) is 4.10. The van der Waals surface area contributed by atoms with Crippen LogP contribution in [0.3, 0.4) is 0 Å². The number of carbonyl (C=O) groups is 2. The Balaban J connectivity index is 2.37. The molecule has 1 aromatic heterocycles. The Labute approximate surface area is 106 Å². The van der Waals surface area contributed by atoms with Crippen LogP contribution < -0.4 is 16.6 Å². The zero-order valence-corrected chi connectivity index (χ0v) is 10.1. The van der Waals surface area contributed by atoms with Gasteiger partial charge in [-0.05, 0) is 25.1 Å². The summed E-state index contributed by atoms with van der Waals surface area (Å²) < 4.78 is 0. The van der Waals surface area contributed by atoms with E-state index >= 15 is 0 Å². The fraction of sp³-hybridized carbons (Fsp3) is 0.167. The van der Waals surface area contributed by atoms with E-state index in [-0.39, 0.29) is 12.2 Å². The molecule has 0 unspecified atom stereocenters. The van der Waals surface area contributed by atoms with E-state index in [1.54, 1.807) is 0 Å². The van der Waals surface area contributed by atoms with Crippen LogP contribution in [0.25, 0.3) is 10.9 Å². The second-order valence-electron chi connectivity index (χ2n) is 4.10. The highest BCUT2D eigenvalue weighted by Gasteiger charge is 2.07. The third kappa shape index (κ3) is 2.95. The fourth-order valence-corrected chi connectivity index (χ4v) is 1.68. The molecule has 0 fully saturated rings. The van der Waals surface area contributed by atoms with Gasteiger partial charge in [-0.2, -0.15) is 0 Å². The topological polar surface area (TPSA) is 112 Å². The van der Waals surface area contributed by atoms with E-state index in [9.17, 15) is 19.2 Å². The summed E-state index contributed by atoms with van der Waals surface area (Å²) in [6.45, 7) is 1.32. The van der Waals surface area contributed by atoms with E-state index in [0.717, 1.165) is 0 Å². The molecule has 0 aliphatic heterocycles. The van der Waals surface area contributed by atoms with Gasteiger partial charge in [0.25, 0.3) is 5.56 Å². The number of H-pyrrole nitrogens is 2. The maximum atomic E-state index is 11.5. The molecule has 0 saturated heterocycles. The number of amides is 1. The van der Waals surface area contributed by atoms with Gasteiger partial charge in [0.05, 0.1) is 17.3 Å². The van der Waals surface area contributed by atoms with E-state index in [2.05, 4.69) is 15.3 Å². The van der Waals surface area contributed by atoms with Gasteiger partial charge in [-0.25, -0.2) is 4.79 Å². The summed E-state index contributed by atoms with van der Waals surface area (Å²) in [7, 11) is 0. The summed E-state index contributed by atoms with van der Waals surface area (Å²) in [5, 5.41) is 2.82. The average Bonchev–Trinajstić information content (AvgIpc) is 2.26. The normalized spacial score (nSPS) is 10.4. The Hall–Kier alpha value is -2.70. The highest BCUT2D eigenvalue weighted by atomic mass is 16.2. The summed E-state index contributed by atoms with van der Waals surface area (Å²) in [4.78, 5) is 49.4. The molecule has 2 rings (SSSR count). The minimum absolute atomic E-state index is 0.218. The van der Waals surface area contributed by atoms with Crippen LogP contribution in [0.4, 0.5) is 5.69 Å².